The summed E-state index contributed by atoms with van der Waals surface area (Å²) >= 11 is 6.12. The summed E-state index contributed by atoms with van der Waals surface area (Å²) in [6, 6.07) is 12.4. The number of amides is 2. The van der Waals surface area contributed by atoms with E-state index < -0.39 is 0 Å². The molecule has 1 aliphatic heterocycles. The zero-order valence-electron chi connectivity index (χ0n) is 20.0. The van der Waals surface area contributed by atoms with Gasteiger partial charge in [-0.15, -0.1) is 0 Å². The molecule has 36 heavy (non-hydrogen) atoms. The van der Waals surface area contributed by atoms with Crippen LogP contribution < -0.4 is 16.0 Å². The molecule has 0 atom stereocenters. The summed E-state index contributed by atoms with van der Waals surface area (Å²) in [4.78, 5) is 34.0. The molecule has 0 fully saturated rings. The van der Waals surface area contributed by atoms with Gasteiger partial charge in [-0.05, 0) is 56.3 Å². The fourth-order valence-electron chi connectivity index (χ4n) is 4.20. The minimum atomic E-state index is -0.169. The molecule has 0 spiro atoms. The average Bonchev–Trinajstić information content (AvgIpc) is 3.00. The normalized spacial score (nSPS) is 12.3. The molecule has 5 rings (SSSR count). The van der Waals surface area contributed by atoms with Crippen LogP contribution in [0, 0.1) is 13.8 Å². The topological polar surface area (TPSA) is 114 Å². The number of fused-ring (bicyclic) bond motifs is 3. The van der Waals surface area contributed by atoms with Gasteiger partial charge in [0.1, 0.15) is 0 Å². The van der Waals surface area contributed by atoms with E-state index in [1.807, 2.05) is 31.6 Å². The maximum atomic E-state index is 12.7. The van der Waals surface area contributed by atoms with Crippen LogP contribution in [0.1, 0.15) is 32.9 Å². The number of anilines is 3. The minimum Gasteiger partial charge on any atom is -0.348 e. The maximum Gasteiger partial charge on any atom is 0.251 e. The van der Waals surface area contributed by atoms with Crippen LogP contribution in [0.3, 0.4) is 0 Å². The van der Waals surface area contributed by atoms with Crippen molar-refractivity contribution in [2.75, 3.05) is 10.6 Å². The quantitative estimate of drug-likeness (QED) is 0.375. The largest absolute Gasteiger partial charge is 0.348 e. The molecule has 0 bridgehead atoms. The van der Waals surface area contributed by atoms with Gasteiger partial charge in [0.2, 0.25) is 11.9 Å². The number of hydrogen-bond donors (Lipinski definition) is 3. The predicted octanol–water partition coefficient (Wildman–Crippen LogP) is 4.32. The van der Waals surface area contributed by atoms with E-state index in [1.165, 1.54) is 0 Å². The van der Waals surface area contributed by atoms with Crippen molar-refractivity contribution >= 4 is 40.7 Å². The van der Waals surface area contributed by atoms with Crippen LogP contribution >= 0.6 is 11.6 Å². The Labute approximate surface area is 212 Å². The van der Waals surface area contributed by atoms with Crippen LogP contribution in [0.5, 0.6) is 0 Å². The highest BCUT2D eigenvalue weighted by atomic mass is 35.5. The number of aromatic nitrogens is 4. The summed E-state index contributed by atoms with van der Waals surface area (Å²) < 4.78 is 1.81. The van der Waals surface area contributed by atoms with Gasteiger partial charge in [-0.2, -0.15) is 5.10 Å². The molecule has 0 aliphatic carbocycles. The third-order valence-corrected chi connectivity index (χ3v) is 6.45. The Hall–Kier alpha value is -4.24. The van der Waals surface area contributed by atoms with Crippen LogP contribution in [0.2, 0.25) is 5.02 Å². The standard InChI is InChI=1S/C26H24ClN7O2/c1-14-21(15(2)34(3)33-14)13-28-25(36)16-4-7-19(8-5-16)30-26-29-12-17-10-23(35)31-22-11-18(27)6-9-20(22)24(17)32-26/h4-9,11-12H,10,13H2,1-3H3,(H,28,36)(H,31,35)(H,29,30,32). The Kier molecular flexibility index (Phi) is 6.15. The van der Waals surface area contributed by atoms with Gasteiger partial charge < -0.3 is 16.0 Å². The van der Waals surface area contributed by atoms with Crippen molar-refractivity contribution in [2.24, 2.45) is 7.05 Å². The fraction of sp³-hybridized carbons (Fsp3) is 0.192. The van der Waals surface area contributed by atoms with E-state index >= 15 is 0 Å². The van der Waals surface area contributed by atoms with Crippen molar-refractivity contribution in [3.8, 4) is 11.3 Å². The molecular formula is C26H24ClN7O2. The lowest BCUT2D eigenvalue weighted by atomic mass is 10.1. The Bertz CT molecular complexity index is 1500. The monoisotopic (exact) mass is 501 g/mol. The van der Waals surface area contributed by atoms with Gasteiger partial charge in [-0.1, -0.05) is 11.6 Å². The Balaban J connectivity index is 1.31. The number of nitrogens with one attached hydrogen (secondary N) is 3. The number of aryl methyl sites for hydroxylation is 2. The van der Waals surface area contributed by atoms with Gasteiger partial charge in [0.25, 0.3) is 5.91 Å². The second-order valence-corrected chi connectivity index (χ2v) is 9.08. The second kappa shape index (κ2) is 9.43. The molecule has 2 aromatic carbocycles. The van der Waals surface area contributed by atoms with Gasteiger partial charge in [0, 0.05) is 58.4 Å². The summed E-state index contributed by atoms with van der Waals surface area (Å²) in [5.74, 6) is 0.0611. The highest BCUT2D eigenvalue weighted by Gasteiger charge is 2.21. The Morgan fingerprint density at radius 1 is 1.17 bits per heavy atom. The third kappa shape index (κ3) is 4.65. The van der Waals surface area contributed by atoms with Gasteiger partial charge in [0.05, 0.1) is 23.5 Å². The third-order valence-electron chi connectivity index (χ3n) is 6.21. The van der Waals surface area contributed by atoms with E-state index in [9.17, 15) is 9.59 Å². The van der Waals surface area contributed by atoms with Crippen LogP contribution in [0.4, 0.5) is 17.3 Å². The number of carbonyl (C=O) groups excluding carboxylic acids is 2. The molecule has 10 heteroatoms. The Morgan fingerprint density at radius 3 is 2.67 bits per heavy atom. The smallest absolute Gasteiger partial charge is 0.251 e. The molecule has 0 unspecified atom stereocenters. The number of nitrogens with zero attached hydrogens (tertiary/aromatic N) is 4. The SMILES string of the molecule is Cc1nn(C)c(C)c1CNC(=O)c1ccc(Nc2ncc3c(n2)-c2ccc(Cl)cc2NC(=O)C3)cc1. The minimum absolute atomic E-state index is 0.149. The fourth-order valence-corrected chi connectivity index (χ4v) is 4.37. The molecular weight excluding hydrogens is 478 g/mol. The van der Waals surface area contributed by atoms with Crippen molar-refractivity contribution in [2.45, 2.75) is 26.8 Å². The molecule has 2 aromatic heterocycles. The number of rotatable bonds is 5. The van der Waals surface area contributed by atoms with Crippen molar-refractivity contribution in [1.82, 2.24) is 25.1 Å². The van der Waals surface area contributed by atoms with E-state index in [0.717, 1.165) is 33.8 Å². The van der Waals surface area contributed by atoms with E-state index in [-0.39, 0.29) is 18.2 Å². The van der Waals surface area contributed by atoms with Crippen molar-refractivity contribution < 1.29 is 9.59 Å². The number of hydrogen-bond acceptors (Lipinski definition) is 6. The maximum absolute atomic E-state index is 12.7. The number of benzene rings is 2. The zero-order chi connectivity index (χ0) is 25.4. The molecule has 4 aromatic rings. The van der Waals surface area contributed by atoms with Crippen LogP contribution in [0.25, 0.3) is 11.3 Å². The van der Waals surface area contributed by atoms with E-state index in [1.54, 1.807) is 42.6 Å². The Morgan fingerprint density at radius 2 is 1.94 bits per heavy atom. The van der Waals surface area contributed by atoms with Crippen molar-refractivity contribution in [3.63, 3.8) is 0 Å². The molecule has 182 valence electrons. The molecule has 3 N–H and O–H groups in total. The predicted molar refractivity (Wildman–Crippen MR) is 138 cm³/mol. The first-order valence-corrected chi connectivity index (χ1v) is 11.8. The van der Waals surface area contributed by atoms with Crippen molar-refractivity contribution in [3.05, 3.63) is 81.8 Å². The van der Waals surface area contributed by atoms with E-state index in [2.05, 4.69) is 31.0 Å². The molecule has 9 nitrogen and oxygen atoms in total. The first kappa shape index (κ1) is 23.5. The molecule has 0 radical (unpaired) electrons. The van der Waals surface area contributed by atoms with Crippen LogP contribution in [0.15, 0.2) is 48.7 Å². The van der Waals surface area contributed by atoms with Crippen LogP contribution in [-0.2, 0) is 24.8 Å². The lowest BCUT2D eigenvalue weighted by Gasteiger charge is -2.11. The molecule has 0 saturated heterocycles. The van der Waals surface area contributed by atoms with Crippen LogP contribution in [-0.4, -0.2) is 31.6 Å². The lowest BCUT2D eigenvalue weighted by Crippen LogP contribution is -2.23. The highest BCUT2D eigenvalue weighted by molar-refractivity contribution is 6.31. The average molecular weight is 502 g/mol. The van der Waals surface area contributed by atoms with Gasteiger partial charge in [-0.25, -0.2) is 9.97 Å². The van der Waals surface area contributed by atoms with Crippen molar-refractivity contribution in [1.29, 1.82) is 0 Å². The molecule has 2 amide bonds. The zero-order valence-corrected chi connectivity index (χ0v) is 20.8. The van der Waals surface area contributed by atoms with E-state index in [0.29, 0.717) is 34.5 Å². The molecule has 3 heterocycles. The second-order valence-electron chi connectivity index (χ2n) is 8.64. The number of carbonyl (C=O) groups is 2. The van der Waals surface area contributed by atoms with Gasteiger partial charge in [0.15, 0.2) is 0 Å². The van der Waals surface area contributed by atoms with Gasteiger partial charge in [-0.3, -0.25) is 14.3 Å². The summed E-state index contributed by atoms with van der Waals surface area (Å²) in [5.41, 5.74) is 6.99. The summed E-state index contributed by atoms with van der Waals surface area (Å²) in [6.07, 6.45) is 1.82. The summed E-state index contributed by atoms with van der Waals surface area (Å²) in [5, 5.41) is 13.9. The van der Waals surface area contributed by atoms with Gasteiger partial charge >= 0.3 is 0 Å². The summed E-state index contributed by atoms with van der Waals surface area (Å²) in [6.45, 7) is 4.33. The van der Waals surface area contributed by atoms with E-state index in [4.69, 9.17) is 11.6 Å². The molecule has 0 saturated carbocycles. The highest BCUT2D eigenvalue weighted by Crippen LogP contribution is 2.34. The number of halogens is 1. The molecule has 1 aliphatic rings. The lowest BCUT2D eigenvalue weighted by molar-refractivity contribution is -0.115. The summed E-state index contributed by atoms with van der Waals surface area (Å²) in [7, 11) is 1.89. The first-order chi connectivity index (χ1) is 17.3. The first-order valence-electron chi connectivity index (χ1n) is 11.4.